The first-order chi connectivity index (χ1) is 8.24. The summed E-state index contributed by atoms with van der Waals surface area (Å²) < 4.78 is 3.46. The molecule has 1 atom stereocenters. The Balaban J connectivity index is 1.87. The van der Waals surface area contributed by atoms with Crippen LogP contribution in [0.2, 0.25) is 0 Å². The summed E-state index contributed by atoms with van der Waals surface area (Å²) >= 11 is -0.500. The molecule has 1 aromatic carbocycles. The number of benzene rings is 1. The van der Waals surface area contributed by atoms with E-state index in [9.17, 15) is 0 Å². The van der Waals surface area contributed by atoms with Crippen LogP contribution in [-0.2, 0) is 23.2 Å². The number of hydrogen-bond donors (Lipinski definition) is 0. The van der Waals surface area contributed by atoms with Crippen molar-refractivity contribution in [2.75, 3.05) is 0 Å². The molecule has 1 aromatic rings. The van der Waals surface area contributed by atoms with Crippen molar-refractivity contribution in [3.05, 3.63) is 59.7 Å². The molecule has 0 saturated heterocycles. The van der Waals surface area contributed by atoms with E-state index in [2.05, 4.69) is 56.4 Å². The fraction of sp³-hybridized carbons (Fsp3) is 0.250. The molecule has 0 aliphatic heterocycles. The zero-order valence-electron chi connectivity index (χ0n) is 10.3. The molecule has 0 saturated carbocycles. The summed E-state index contributed by atoms with van der Waals surface area (Å²) in [7, 11) is 0. The quantitative estimate of drug-likeness (QED) is 0.760. The minimum absolute atomic E-state index is 0.500. The first-order valence-electron chi connectivity index (χ1n) is 6.19. The van der Waals surface area contributed by atoms with E-state index in [-0.39, 0.29) is 0 Å². The van der Waals surface area contributed by atoms with Crippen LogP contribution in [0, 0.1) is 6.92 Å². The molecule has 3 rings (SSSR count). The Hall–Kier alpha value is -0.677. The van der Waals surface area contributed by atoms with Gasteiger partial charge in [-0.15, -0.1) is 0 Å². The molecular formula is C16H16Zr. The Morgan fingerprint density at radius 3 is 2.94 bits per heavy atom. The second-order valence-electron chi connectivity index (χ2n) is 4.90. The molecule has 1 heteroatoms. The summed E-state index contributed by atoms with van der Waals surface area (Å²) in [6, 6.07) is 6.90. The van der Waals surface area contributed by atoms with Gasteiger partial charge in [-0.05, 0) is 0 Å². The monoisotopic (exact) mass is 298 g/mol. The van der Waals surface area contributed by atoms with E-state index in [1.807, 2.05) is 0 Å². The van der Waals surface area contributed by atoms with Crippen LogP contribution >= 0.6 is 0 Å². The Labute approximate surface area is 115 Å². The van der Waals surface area contributed by atoms with Crippen LogP contribution in [-0.4, -0.2) is 0 Å². The summed E-state index contributed by atoms with van der Waals surface area (Å²) in [6.07, 6.45) is 10.5. The first-order valence-corrected chi connectivity index (χ1v) is 8.65. The van der Waals surface area contributed by atoms with Crippen molar-refractivity contribution in [2.24, 2.45) is 0 Å². The number of hydrogen-bond acceptors (Lipinski definition) is 0. The molecule has 0 spiro atoms. The van der Waals surface area contributed by atoms with Crippen molar-refractivity contribution in [1.29, 1.82) is 0 Å². The molecule has 2 aliphatic carbocycles. The molecule has 2 aliphatic rings. The maximum absolute atomic E-state index is 2.47. The third-order valence-corrected chi connectivity index (χ3v) is 7.39. The van der Waals surface area contributed by atoms with Gasteiger partial charge in [0, 0.05) is 0 Å². The zero-order chi connectivity index (χ0) is 11.8. The molecular weight excluding hydrogens is 283 g/mol. The second kappa shape index (κ2) is 4.54. The Kier molecular flexibility index (Phi) is 3.05. The standard InChI is InChI=1S/C11H11.C5H5.Zr/c1-8-3-6-11-9(2)4-5-10(11)7-8;1-2-4-5-3-1;/h3,5-7,9H,1-2H3;1-3H,4H2;. The van der Waals surface area contributed by atoms with Gasteiger partial charge in [0.05, 0.1) is 0 Å². The van der Waals surface area contributed by atoms with Crippen LogP contribution < -0.4 is 0 Å². The van der Waals surface area contributed by atoms with E-state index in [1.165, 1.54) is 23.1 Å². The van der Waals surface area contributed by atoms with Gasteiger partial charge in [-0.3, -0.25) is 0 Å². The summed E-state index contributed by atoms with van der Waals surface area (Å²) in [5.74, 6) is 0.665. The van der Waals surface area contributed by atoms with Crippen LogP contribution in [0.4, 0.5) is 0 Å². The normalized spacial score (nSPS) is 21.2. The van der Waals surface area contributed by atoms with E-state index >= 15 is 0 Å². The second-order valence-corrected chi connectivity index (χ2v) is 8.52. The van der Waals surface area contributed by atoms with E-state index < -0.39 is 23.2 Å². The predicted molar refractivity (Wildman–Crippen MR) is 69.4 cm³/mol. The van der Waals surface area contributed by atoms with Gasteiger partial charge in [-0.25, -0.2) is 0 Å². The van der Waals surface area contributed by atoms with Gasteiger partial charge in [-0.2, -0.15) is 0 Å². The van der Waals surface area contributed by atoms with Crippen molar-refractivity contribution in [3.8, 4) is 0 Å². The van der Waals surface area contributed by atoms with E-state index in [1.54, 1.807) is 6.56 Å². The molecule has 0 bridgehead atoms. The number of allylic oxidation sites excluding steroid dienone is 5. The maximum atomic E-state index is 2.47. The van der Waals surface area contributed by atoms with Gasteiger partial charge in [-0.1, -0.05) is 0 Å². The summed E-state index contributed by atoms with van der Waals surface area (Å²) in [5.41, 5.74) is 4.39. The third-order valence-electron chi connectivity index (χ3n) is 3.56. The van der Waals surface area contributed by atoms with Crippen molar-refractivity contribution in [1.82, 2.24) is 0 Å². The van der Waals surface area contributed by atoms with Crippen molar-refractivity contribution < 1.29 is 23.2 Å². The molecule has 0 aromatic heterocycles. The third kappa shape index (κ3) is 2.18. The number of rotatable bonds is 2. The summed E-state index contributed by atoms with van der Waals surface area (Å²) in [5, 5.41) is 0. The van der Waals surface area contributed by atoms with Gasteiger partial charge < -0.3 is 0 Å². The summed E-state index contributed by atoms with van der Waals surface area (Å²) in [4.78, 5) is 0. The molecule has 0 N–H and O–H groups in total. The van der Waals surface area contributed by atoms with Crippen LogP contribution in [0.1, 0.15) is 36.0 Å². The molecule has 0 fully saturated rings. The van der Waals surface area contributed by atoms with Crippen molar-refractivity contribution in [2.45, 2.75) is 26.2 Å². The average Bonchev–Trinajstić information content (AvgIpc) is 2.89. The van der Waals surface area contributed by atoms with E-state index in [0.717, 1.165) is 0 Å². The van der Waals surface area contributed by atoms with E-state index in [4.69, 9.17) is 0 Å². The molecule has 1 unspecified atom stereocenters. The number of aryl methyl sites for hydroxylation is 1. The van der Waals surface area contributed by atoms with Crippen LogP contribution in [0.25, 0.3) is 6.08 Å². The fourth-order valence-electron chi connectivity index (χ4n) is 2.54. The zero-order valence-corrected chi connectivity index (χ0v) is 12.8. The fourth-order valence-corrected chi connectivity index (χ4v) is 5.91. The molecule has 0 radical (unpaired) electrons. The summed E-state index contributed by atoms with van der Waals surface area (Å²) in [6.45, 7) is 4.55. The van der Waals surface area contributed by atoms with Crippen LogP contribution in [0.15, 0.2) is 43.0 Å². The molecule has 84 valence electrons. The van der Waals surface area contributed by atoms with Gasteiger partial charge >= 0.3 is 115 Å². The van der Waals surface area contributed by atoms with Gasteiger partial charge in [0.2, 0.25) is 0 Å². The molecule has 0 amide bonds. The Morgan fingerprint density at radius 2 is 2.18 bits per heavy atom. The van der Waals surface area contributed by atoms with Gasteiger partial charge in [0.15, 0.2) is 0 Å². The minimum atomic E-state index is -0.500. The SMILES string of the molecule is Cc1ccc2c(c1)C=[C]([Zr][C]1=CC=CC1)C2C. The van der Waals surface area contributed by atoms with Gasteiger partial charge in [0.1, 0.15) is 0 Å². The van der Waals surface area contributed by atoms with Crippen LogP contribution in [0.3, 0.4) is 0 Å². The first kappa shape index (κ1) is 11.4. The van der Waals surface area contributed by atoms with E-state index in [0.29, 0.717) is 5.92 Å². The molecule has 0 heterocycles. The van der Waals surface area contributed by atoms with Crippen molar-refractivity contribution in [3.63, 3.8) is 0 Å². The average molecular weight is 300 g/mol. The topological polar surface area (TPSA) is 0 Å². The Morgan fingerprint density at radius 1 is 1.29 bits per heavy atom. The van der Waals surface area contributed by atoms with Crippen molar-refractivity contribution >= 4 is 6.08 Å². The Bertz CT molecular complexity index is 547. The van der Waals surface area contributed by atoms with Crippen LogP contribution in [0.5, 0.6) is 0 Å². The van der Waals surface area contributed by atoms with Gasteiger partial charge in [0.25, 0.3) is 0 Å². The predicted octanol–water partition coefficient (Wildman–Crippen LogP) is 4.38. The number of fused-ring (bicyclic) bond motifs is 1. The molecule has 17 heavy (non-hydrogen) atoms. The molecule has 0 nitrogen and oxygen atoms in total.